The second-order valence-electron chi connectivity index (χ2n) is 8.10. The van der Waals surface area contributed by atoms with Gasteiger partial charge in [0.15, 0.2) is 0 Å². The zero-order valence-electron chi connectivity index (χ0n) is 19.2. The summed E-state index contributed by atoms with van der Waals surface area (Å²) >= 11 is 0. The average molecular weight is 468 g/mol. The van der Waals surface area contributed by atoms with Crippen LogP contribution in [-0.2, 0) is 0 Å². The minimum Gasteiger partial charge on any atom is -0.264 e. The predicted molar refractivity (Wildman–Crippen MR) is 143 cm³/mol. The van der Waals surface area contributed by atoms with E-state index in [9.17, 15) is 0 Å². The molecule has 0 aliphatic carbocycles. The molecule has 0 aliphatic heterocycles. The van der Waals surface area contributed by atoms with Crippen molar-refractivity contribution in [2.45, 2.75) is 0 Å². The lowest BCUT2D eigenvalue weighted by Crippen LogP contribution is -2.00. The van der Waals surface area contributed by atoms with Crippen LogP contribution >= 0.6 is 0 Å². The lowest BCUT2D eigenvalue weighted by molar-refractivity contribution is 0.884. The van der Waals surface area contributed by atoms with E-state index in [1.54, 1.807) is 18.6 Å². The minimum atomic E-state index is 0.419. The van der Waals surface area contributed by atoms with Crippen LogP contribution in [0.25, 0.3) is 39.1 Å². The molecule has 0 spiro atoms. The van der Waals surface area contributed by atoms with Gasteiger partial charge in [0, 0.05) is 40.7 Å². The van der Waals surface area contributed by atoms with Gasteiger partial charge in [0.25, 0.3) is 0 Å². The molecule has 3 heterocycles. The van der Waals surface area contributed by atoms with Crippen molar-refractivity contribution >= 4 is 23.1 Å². The highest BCUT2D eigenvalue weighted by molar-refractivity contribution is 5.93. The van der Waals surface area contributed by atoms with E-state index in [4.69, 9.17) is 10.1 Å². The number of hydrogen-bond donors (Lipinski definition) is 1. The third kappa shape index (κ3) is 4.33. The van der Waals surface area contributed by atoms with E-state index in [0.29, 0.717) is 5.95 Å². The number of hydrogen-bond acceptors (Lipinski definition) is 6. The summed E-state index contributed by atoms with van der Waals surface area (Å²) in [5.74, 6) is 0.419. The third-order valence-electron chi connectivity index (χ3n) is 5.72. The second kappa shape index (κ2) is 9.60. The van der Waals surface area contributed by atoms with Gasteiger partial charge in [0.05, 0.1) is 23.1 Å². The number of anilines is 1. The highest BCUT2D eigenvalue weighted by Crippen LogP contribution is 2.27. The molecule has 0 saturated carbocycles. The quantitative estimate of drug-likeness (QED) is 0.240. The maximum absolute atomic E-state index is 4.80. The van der Waals surface area contributed by atoms with E-state index >= 15 is 0 Å². The Bertz CT molecular complexity index is 1640. The molecule has 1 N–H and O–H groups in total. The Balaban J connectivity index is 1.36. The van der Waals surface area contributed by atoms with Crippen LogP contribution in [0.15, 0.2) is 121 Å². The number of hydrazone groups is 1. The summed E-state index contributed by atoms with van der Waals surface area (Å²) < 4.78 is 1.84. The molecular formula is C29H21N7. The standard InChI is InChI=1S/C29H21N7/c1-3-10-21(11-4-1)28-25-15-7-8-16-26(25)32-29(33-28)34-31-19-23-20-36(24-13-5-2-6-14-24)35-27(23)22-12-9-17-30-18-22/h1-20H,(H,32,33,34)/b31-19+. The summed E-state index contributed by atoms with van der Waals surface area (Å²) in [5, 5.41) is 10.3. The van der Waals surface area contributed by atoms with Gasteiger partial charge in [-0.1, -0.05) is 66.7 Å². The second-order valence-corrected chi connectivity index (χ2v) is 8.10. The summed E-state index contributed by atoms with van der Waals surface area (Å²) in [6.45, 7) is 0. The van der Waals surface area contributed by atoms with Crippen molar-refractivity contribution in [2.75, 3.05) is 5.43 Å². The summed E-state index contributed by atoms with van der Waals surface area (Å²) in [7, 11) is 0. The van der Waals surface area contributed by atoms with Crippen LogP contribution in [0.5, 0.6) is 0 Å². The molecule has 6 rings (SSSR count). The monoisotopic (exact) mass is 467 g/mol. The van der Waals surface area contributed by atoms with Crippen molar-refractivity contribution in [3.05, 3.63) is 121 Å². The highest BCUT2D eigenvalue weighted by Gasteiger charge is 2.12. The molecule has 0 amide bonds. The number of pyridine rings is 1. The van der Waals surface area contributed by atoms with Crippen molar-refractivity contribution in [1.29, 1.82) is 0 Å². The molecule has 0 atom stereocenters. The Morgan fingerprint density at radius 2 is 1.47 bits per heavy atom. The Morgan fingerprint density at radius 1 is 0.722 bits per heavy atom. The Labute approximate surface area is 207 Å². The Hall–Kier alpha value is -5.17. The predicted octanol–water partition coefficient (Wildman–Crippen LogP) is 5.99. The number of nitrogens with one attached hydrogen (secondary N) is 1. The summed E-state index contributed by atoms with van der Waals surface area (Å²) in [5.41, 5.74) is 9.21. The van der Waals surface area contributed by atoms with Crippen molar-refractivity contribution in [3.63, 3.8) is 0 Å². The minimum absolute atomic E-state index is 0.419. The highest BCUT2D eigenvalue weighted by atomic mass is 15.3. The smallest absolute Gasteiger partial charge is 0.244 e. The summed E-state index contributed by atoms with van der Waals surface area (Å²) in [4.78, 5) is 13.7. The number of nitrogens with zero attached hydrogens (tertiary/aromatic N) is 6. The van der Waals surface area contributed by atoms with Crippen molar-refractivity contribution in [1.82, 2.24) is 24.7 Å². The molecule has 3 aromatic heterocycles. The van der Waals surface area contributed by atoms with Crippen LogP contribution in [-0.4, -0.2) is 30.9 Å². The third-order valence-corrected chi connectivity index (χ3v) is 5.72. The van der Waals surface area contributed by atoms with Crippen LogP contribution in [0, 0.1) is 0 Å². The molecule has 0 saturated heterocycles. The van der Waals surface area contributed by atoms with Gasteiger partial charge in [0.1, 0.15) is 5.69 Å². The van der Waals surface area contributed by atoms with Crippen molar-refractivity contribution in [2.24, 2.45) is 5.10 Å². The van der Waals surface area contributed by atoms with Gasteiger partial charge < -0.3 is 0 Å². The summed E-state index contributed by atoms with van der Waals surface area (Å²) in [6, 6.07) is 31.9. The first-order valence-electron chi connectivity index (χ1n) is 11.5. The molecular weight excluding hydrogens is 446 g/mol. The molecule has 0 radical (unpaired) electrons. The average Bonchev–Trinajstić information content (AvgIpc) is 3.38. The van der Waals surface area contributed by atoms with Crippen LogP contribution in [0.1, 0.15) is 5.56 Å². The van der Waals surface area contributed by atoms with E-state index < -0.39 is 0 Å². The number of rotatable bonds is 6. The molecule has 6 aromatic rings. The first-order chi connectivity index (χ1) is 17.8. The Kier molecular flexibility index (Phi) is 5.70. The molecule has 0 fully saturated rings. The molecule has 7 nitrogen and oxygen atoms in total. The number of fused-ring (bicyclic) bond motifs is 1. The fourth-order valence-electron chi connectivity index (χ4n) is 4.02. The van der Waals surface area contributed by atoms with Crippen molar-refractivity contribution < 1.29 is 0 Å². The molecule has 3 aromatic carbocycles. The lowest BCUT2D eigenvalue weighted by atomic mass is 10.1. The maximum Gasteiger partial charge on any atom is 0.244 e. The zero-order chi connectivity index (χ0) is 24.2. The van der Waals surface area contributed by atoms with Crippen LogP contribution in [0.4, 0.5) is 5.95 Å². The van der Waals surface area contributed by atoms with Gasteiger partial charge in [-0.25, -0.2) is 20.1 Å². The van der Waals surface area contributed by atoms with Crippen molar-refractivity contribution in [3.8, 4) is 28.2 Å². The first kappa shape index (κ1) is 21.4. The zero-order valence-corrected chi connectivity index (χ0v) is 19.2. The number of para-hydroxylation sites is 2. The van der Waals surface area contributed by atoms with Gasteiger partial charge in [0.2, 0.25) is 5.95 Å². The maximum atomic E-state index is 4.80. The largest absolute Gasteiger partial charge is 0.264 e. The Morgan fingerprint density at radius 3 is 2.28 bits per heavy atom. The number of benzene rings is 3. The lowest BCUT2D eigenvalue weighted by Gasteiger charge is -2.08. The topological polar surface area (TPSA) is 80.9 Å². The van der Waals surface area contributed by atoms with Crippen LogP contribution in [0.2, 0.25) is 0 Å². The fraction of sp³-hybridized carbons (Fsp3) is 0. The van der Waals surface area contributed by atoms with Gasteiger partial charge in [-0.2, -0.15) is 10.2 Å². The van der Waals surface area contributed by atoms with Gasteiger partial charge in [-0.05, 0) is 30.3 Å². The molecule has 36 heavy (non-hydrogen) atoms. The summed E-state index contributed by atoms with van der Waals surface area (Å²) in [6.07, 6.45) is 7.21. The SMILES string of the molecule is C(=N\Nc1nc(-c2ccccc2)c2ccccc2n1)/c1cn(-c2ccccc2)nc1-c1cccnc1. The van der Waals surface area contributed by atoms with E-state index in [0.717, 1.165) is 44.7 Å². The van der Waals surface area contributed by atoms with Gasteiger partial charge in [-0.15, -0.1) is 0 Å². The first-order valence-corrected chi connectivity index (χ1v) is 11.5. The number of aromatic nitrogens is 5. The molecule has 7 heteroatoms. The van der Waals surface area contributed by atoms with Gasteiger partial charge >= 0.3 is 0 Å². The molecule has 0 bridgehead atoms. The molecule has 0 aliphatic rings. The fourth-order valence-corrected chi connectivity index (χ4v) is 4.02. The van der Waals surface area contributed by atoms with E-state index in [1.165, 1.54) is 0 Å². The van der Waals surface area contributed by atoms with E-state index in [-0.39, 0.29) is 0 Å². The van der Waals surface area contributed by atoms with Crippen LogP contribution < -0.4 is 5.43 Å². The van der Waals surface area contributed by atoms with Gasteiger partial charge in [-0.3, -0.25) is 4.98 Å². The van der Waals surface area contributed by atoms with Crippen LogP contribution in [0.3, 0.4) is 0 Å². The van der Waals surface area contributed by atoms with E-state index in [2.05, 4.69) is 20.5 Å². The molecule has 172 valence electrons. The normalized spacial score (nSPS) is 11.2. The molecule has 0 unspecified atom stereocenters. The van der Waals surface area contributed by atoms with E-state index in [1.807, 2.05) is 108 Å².